The minimum atomic E-state index is -0.445. The van der Waals surface area contributed by atoms with Crippen molar-refractivity contribution in [3.63, 3.8) is 0 Å². The maximum atomic E-state index is 12.6. The van der Waals surface area contributed by atoms with Gasteiger partial charge in [0, 0.05) is 42.0 Å². The Morgan fingerprint density at radius 3 is 2.48 bits per heavy atom. The van der Waals surface area contributed by atoms with Crippen LogP contribution in [-0.4, -0.2) is 28.4 Å². The summed E-state index contributed by atoms with van der Waals surface area (Å²) in [4.78, 5) is 29.7. The van der Waals surface area contributed by atoms with Gasteiger partial charge in [0.1, 0.15) is 19.2 Å². The largest absolute Gasteiger partial charge is 0.451 e. The first-order valence-electron chi connectivity index (χ1n) is 12.7. The summed E-state index contributed by atoms with van der Waals surface area (Å²) in [5.41, 5.74) is 5.42. The summed E-state index contributed by atoms with van der Waals surface area (Å²) in [6, 6.07) is 25.5. The molecule has 196 valence electrons. The average Bonchev–Trinajstić information content (AvgIpc) is 3.36. The van der Waals surface area contributed by atoms with E-state index in [0.717, 1.165) is 39.3 Å². The zero-order valence-electron chi connectivity index (χ0n) is 21.5. The van der Waals surface area contributed by atoms with Crippen LogP contribution in [0.5, 0.6) is 0 Å². The molecule has 3 aromatic heterocycles. The summed E-state index contributed by atoms with van der Waals surface area (Å²) in [5, 5.41) is 11.8. The van der Waals surface area contributed by atoms with E-state index < -0.39 is 5.91 Å². The smallest absolute Gasteiger partial charge is 0.287 e. The maximum Gasteiger partial charge on any atom is 0.287 e. The first kappa shape index (κ1) is 25.4. The Labute approximate surface area is 235 Å². The Bertz CT molecular complexity index is 1930. The molecule has 0 bridgehead atoms. The molecule has 6 rings (SSSR count). The number of fused-ring (bicyclic) bond motifs is 2. The van der Waals surface area contributed by atoms with E-state index in [4.69, 9.17) is 21.0 Å². The fraction of sp³-hybridized carbons (Fsp3) is 0.0667. The van der Waals surface area contributed by atoms with Gasteiger partial charge in [-0.15, -0.1) is 0 Å². The lowest BCUT2D eigenvalue weighted by atomic mass is 10.0. The van der Waals surface area contributed by atoms with Gasteiger partial charge in [0.2, 0.25) is 0 Å². The van der Waals surface area contributed by atoms with Crippen LogP contribution in [-0.2, 0) is 13.1 Å². The van der Waals surface area contributed by atoms with Crippen molar-refractivity contribution in [1.29, 1.82) is 0 Å². The van der Waals surface area contributed by atoms with Gasteiger partial charge >= 0.3 is 0 Å². The topological polar surface area (TPSA) is 102 Å². The lowest BCUT2D eigenvalue weighted by Crippen LogP contribution is -2.24. The van der Waals surface area contributed by atoms with Crippen LogP contribution in [0.15, 0.2) is 100 Å². The summed E-state index contributed by atoms with van der Waals surface area (Å²) < 4.78 is 7.40. The molecule has 0 saturated heterocycles. The van der Waals surface area contributed by atoms with Gasteiger partial charge in [-0.3, -0.25) is 9.59 Å². The van der Waals surface area contributed by atoms with E-state index in [-0.39, 0.29) is 11.2 Å². The maximum absolute atomic E-state index is 12.6. The molecule has 2 N–H and O–H groups in total. The number of para-hydroxylation sites is 1. The van der Waals surface area contributed by atoms with Crippen LogP contribution in [0.4, 0.5) is 5.82 Å². The first-order valence-corrected chi connectivity index (χ1v) is 13.1. The van der Waals surface area contributed by atoms with Crippen molar-refractivity contribution in [3.8, 4) is 11.3 Å². The number of anilines is 1. The van der Waals surface area contributed by atoms with Gasteiger partial charge in [-0.1, -0.05) is 66.2 Å². The minimum Gasteiger partial charge on any atom is -0.451 e. The Morgan fingerprint density at radius 1 is 0.950 bits per heavy atom. The van der Waals surface area contributed by atoms with Crippen LogP contribution in [0.1, 0.15) is 21.7 Å². The van der Waals surface area contributed by atoms with E-state index in [2.05, 4.69) is 15.7 Å². The molecule has 0 aliphatic carbocycles. The van der Waals surface area contributed by atoms with Gasteiger partial charge in [-0.2, -0.15) is 9.61 Å². The van der Waals surface area contributed by atoms with Crippen LogP contribution in [0, 0.1) is 0 Å². The normalized spacial score (nSPS) is 11.1. The Morgan fingerprint density at radius 2 is 1.68 bits per heavy atom. The highest BCUT2D eigenvalue weighted by molar-refractivity contribution is 6.36. The third-order valence-corrected chi connectivity index (χ3v) is 6.94. The van der Waals surface area contributed by atoms with E-state index in [0.29, 0.717) is 29.1 Å². The van der Waals surface area contributed by atoms with Gasteiger partial charge in [-0.05, 0) is 34.8 Å². The number of benzene rings is 3. The van der Waals surface area contributed by atoms with E-state index in [1.165, 1.54) is 6.07 Å². The van der Waals surface area contributed by atoms with Crippen molar-refractivity contribution in [1.82, 2.24) is 19.9 Å². The first-order chi connectivity index (χ1) is 19.5. The van der Waals surface area contributed by atoms with Gasteiger partial charge in [-0.25, -0.2) is 4.98 Å². The number of halogens is 1. The number of hydrogen-bond donors (Lipinski definition) is 2. The molecular formula is C30H23BClN5O3. The molecule has 0 saturated carbocycles. The van der Waals surface area contributed by atoms with Crippen molar-refractivity contribution in [2.45, 2.75) is 13.1 Å². The van der Waals surface area contributed by atoms with Crippen molar-refractivity contribution in [2.75, 3.05) is 5.32 Å². The highest BCUT2D eigenvalue weighted by Gasteiger charge is 2.14. The second-order valence-corrected chi connectivity index (χ2v) is 9.80. The highest BCUT2D eigenvalue weighted by Crippen LogP contribution is 2.28. The molecule has 0 atom stereocenters. The molecule has 0 aliphatic rings. The van der Waals surface area contributed by atoms with Gasteiger partial charge in [0.15, 0.2) is 16.8 Å². The van der Waals surface area contributed by atoms with Crippen LogP contribution >= 0.6 is 11.6 Å². The average molecular weight is 548 g/mol. The highest BCUT2D eigenvalue weighted by atomic mass is 35.5. The Balaban J connectivity index is 1.14. The predicted molar refractivity (Wildman–Crippen MR) is 159 cm³/mol. The minimum absolute atomic E-state index is 0.0156. The quantitative estimate of drug-likeness (QED) is 0.294. The molecule has 0 aliphatic heterocycles. The van der Waals surface area contributed by atoms with Crippen LogP contribution in [0.25, 0.3) is 27.9 Å². The molecule has 10 heteroatoms. The number of carbonyl (C=O) groups excluding carboxylic acids is 1. The van der Waals surface area contributed by atoms with Gasteiger partial charge in [0.05, 0.1) is 11.1 Å². The number of amides is 1. The lowest BCUT2D eigenvalue weighted by Gasteiger charge is -2.12. The third kappa shape index (κ3) is 5.07. The summed E-state index contributed by atoms with van der Waals surface area (Å²) in [7, 11) is 1.97. The summed E-state index contributed by atoms with van der Waals surface area (Å²) in [5.74, 6) is 0.332. The number of nitrogens with one attached hydrogen (secondary N) is 2. The molecule has 0 unspecified atom stereocenters. The van der Waals surface area contributed by atoms with Gasteiger partial charge < -0.3 is 15.1 Å². The van der Waals surface area contributed by atoms with Crippen molar-refractivity contribution in [2.24, 2.45) is 0 Å². The second kappa shape index (κ2) is 10.7. The number of aromatic nitrogens is 3. The van der Waals surface area contributed by atoms with Crippen molar-refractivity contribution < 1.29 is 9.21 Å². The Hall–Kier alpha value is -4.89. The summed E-state index contributed by atoms with van der Waals surface area (Å²) in [6.45, 7) is 0.844. The molecular weight excluding hydrogens is 525 g/mol. The second-order valence-electron chi connectivity index (χ2n) is 9.39. The summed E-state index contributed by atoms with van der Waals surface area (Å²) in [6.07, 6.45) is 1.79. The number of nitrogens with zero attached hydrogens (tertiary/aromatic N) is 3. The van der Waals surface area contributed by atoms with Crippen LogP contribution in [0.2, 0.25) is 5.02 Å². The number of rotatable bonds is 7. The van der Waals surface area contributed by atoms with E-state index in [1.54, 1.807) is 35.0 Å². The standard InChI is InChI=1S/C30H23BClN5O3/c31-22-17-35-37-28(13-24(36-29(22)37)20-5-1-3-7-23(20)32)33-15-18-9-11-19(12-10-18)16-34-30(39)27-14-25(38)21-6-2-4-8-26(21)40-27/h1-14,17,33H,15-16,31H2,(H,34,39). The zero-order chi connectivity index (χ0) is 27.6. The monoisotopic (exact) mass is 547 g/mol. The fourth-order valence-corrected chi connectivity index (χ4v) is 4.69. The van der Waals surface area contributed by atoms with Crippen molar-refractivity contribution in [3.05, 3.63) is 123 Å². The summed E-state index contributed by atoms with van der Waals surface area (Å²) >= 11 is 6.45. The fourth-order valence-electron chi connectivity index (χ4n) is 4.46. The third-order valence-electron chi connectivity index (χ3n) is 6.61. The number of carbonyl (C=O) groups is 1. The molecule has 3 heterocycles. The molecule has 0 spiro atoms. The molecule has 0 fully saturated rings. The van der Waals surface area contributed by atoms with E-state index >= 15 is 0 Å². The molecule has 6 aromatic rings. The molecule has 3 aromatic carbocycles. The number of hydrogen-bond acceptors (Lipinski definition) is 6. The van der Waals surface area contributed by atoms with Crippen LogP contribution in [0.3, 0.4) is 0 Å². The van der Waals surface area contributed by atoms with Crippen LogP contribution < -0.4 is 21.5 Å². The lowest BCUT2D eigenvalue weighted by molar-refractivity contribution is 0.0923. The van der Waals surface area contributed by atoms with E-state index in [9.17, 15) is 9.59 Å². The zero-order valence-corrected chi connectivity index (χ0v) is 22.3. The SMILES string of the molecule is Bc1cnn2c(NCc3ccc(CNC(=O)c4cc(=O)c5ccccc5o4)cc3)cc(-c3ccccc3Cl)nc12. The molecule has 8 nitrogen and oxygen atoms in total. The molecule has 1 amide bonds. The van der Waals surface area contributed by atoms with Crippen molar-refractivity contribution >= 4 is 53.3 Å². The molecule has 40 heavy (non-hydrogen) atoms. The predicted octanol–water partition coefficient (Wildman–Crippen LogP) is 3.96. The Kier molecular flexibility index (Phi) is 6.80. The molecule has 0 radical (unpaired) electrons. The van der Waals surface area contributed by atoms with E-state index in [1.807, 2.05) is 62.4 Å². The van der Waals surface area contributed by atoms with Gasteiger partial charge in [0.25, 0.3) is 5.91 Å².